The zero-order valence-electron chi connectivity index (χ0n) is 9.45. The molecule has 0 saturated carbocycles. The van der Waals surface area contributed by atoms with E-state index in [-0.39, 0.29) is 12.0 Å². The SMILES string of the molecule is C[C@@H]1CN(C(=O)c2cc(Cl)cc(Br)c2)CCO1. The number of carbonyl (C=O) groups is 1. The van der Waals surface area contributed by atoms with Crippen LogP contribution in [0.1, 0.15) is 17.3 Å². The number of benzene rings is 1. The molecule has 0 spiro atoms. The van der Waals surface area contributed by atoms with Crippen molar-refractivity contribution in [3.63, 3.8) is 0 Å². The summed E-state index contributed by atoms with van der Waals surface area (Å²) >= 11 is 9.27. The first kappa shape index (κ1) is 12.9. The van der Waals surface area contributed by atoms with Gasteiger partial charge in [-0.05, 0) is 25.1 Å². The van der Waals surface area contributed by atoms with Gasteiger partial charge in [0.1, 0.15) is 0 Å². The molecule has 1 fully saturated rings. The van der Waals surface area contributed by atoms with Crippen LogP contribution in [0.2, 0.25) is 5.02 Å². The third-order valence-corrected chi connectivity index (χ3v) is 3.31. The van der Waals surface area contributed by atoms with Crippen LogP contribution in [0.5, 0.6) is 0 Å². The van der Waals surface area contributed by atoms with Crippen molar-refractivity contribution in [2.24, 2.45) is 0 Å². The fourth-order valence-electron chi connectivity index (χ4n) is 1.86. The molecule has 1 aliphatic rings. The molecule has 1 aliphatic heterocycles. The summed E-state index contributed by atoms with van der Waals surface area (Å²) in [4.78, 5) is 14.0. The van der Waals surface area contributed by atoms with E-state index in [0.717, 1.165) is 4.47 Å². The Labute approximate surface area is 114 Å². The fourth-order valence-corrected chi connectivity index (χ4v) is 2.72. The molecule has 3 nitrogen and oxygen atoms in total. The monoisotopic (exact) mass is 317 g/mol. The number of nitrogens with zero attached hydrogens (tertiary/aromatic N) is 1. The van der Waals surface area contributed by atoms with Gasteiger partial charge in [-0.3, -0.25) is 4.79 Å². The molecule has 0 unspecified atom stereocenters. The molecule has 1 heterocycles. The Morgan fingerprint density at radius 2 is 2.29 bits per heavy atom. The Hall–Kier alpha value is -0.580. The van der Waals surface area contributed by atoms with Gasteiger partial charge in [0.2, 0.25) is 0 Å². The average Bonchev–Trinajstić information content (AvgIpc) is 2.26. The van der Waals surface area contributed by atoms with Gasteiger partial charge < -0.3 is 9.64 Å². The van der Waals surface area contributed by atoms with E-state index in [9.17, 15) is 4.79 Å². The summed E-state index contributed by atoms with van der Waals surface area (Å²) in [5.41, 5.74) is 0.610. The maximum Gasteiger partial charge on any atom is 0.254 e. The van der Waals surface area contributed by atoms with Crippen LogP contribution in [0.4, 0.5) is 0 Å². The largest absolute Gasteiger partial charge is 0.375 e. The first-order chi connectivity index (χ1) is 8.06. The minimum Gasteiger partial charge on any atom is -0.375 e. The Kier molecular flexibility index (Phi) is 4.07. The van der Waals surface area contributed by atoms with E-state index in [0.29, 0.717) is 30.3 Å². The number of hydrogen-bond acceptors (Lipinski definition) is 2. The molecule has 1 aromatic rings. The summed E-state index contributed by atoms with van der Waals surface area (Å²) < 4.78 is 6.23. The van der Waals surface area contributed by atoms with Crippen LogP contribution in [0.3, 0.4) is 0 Å². The molecule has 92 valence electrons. The van der Waals surface area contributed by atoms with Gasteiger partial charge in [-0.25, -0.2) is 0 Å². The zero-order chi connectivity index (χ0) is 12.4. The second-order valence-corrected chi connectivity index (χ2v) is 5.44. The lowest BCUT2D eigenvalue weighted by atomic mass is 10.2. The third-order valence-electron chi connectivity index (χ3n) is 2.64. The van der Waals surface area contributed by atoms with Crippen molar-refractivity contribution in [1.82, 2.24) is 4.90 Å². The lowest BCUT2D eigenvalue weighted by molar-refractivity contribution is -0.0124. The highest BCUT2D eigenvalue weighted by atomic mass is 79.9. The maximum absolute atomic E-state index is 12.2. The molecule has 0 aliphatic carbocycles. The first-order valence-corrected chi connectivity index (χ1v) is 6.60. The van der Waals surface area contributed by atoms with Gasteiger partial charge in [-0.1, -0.05) is 27.5 Å². The zero-order valence-corrected chi connectivity index (χ0v) is 11.8. The van der Waals surface area contributed by atoms with Gasteiger partial charge in [0, 0.05) is 28.1 Å². The molecule has 5 heteroatoms. The Bertz CT molecular complexity index is 418. The first-order valence-electron chi connectivity index (χ1n) is 5.43. The molecule has 1 amide bonds. The van der Waals surface area contributed by atoms with E-state index in [2.05, 4.69) is 15.9 Å². The van der Waals surface area contributed by atoms with Gasteiger partial charge in [0.05, 0.1) is 12.7 Å². The number of rotatable bonds is 1. The van der Waals surface area contributed by atoms with Crippen molar-refractivity contribution in [2.45, 2.75) is 13.0 Å². The second-order valence-electron chi connectivity index (χ2n) is 4.09. The molecule has 0 radical (unpaired) electrons. The summed E-state index contributed by atoms with van der Waals surface area (Å²) in [5, 5.41) is 0.559. The highest BCUT2D eigenvalue weighted by molar-refractivity contribution is 9.10. The van der Waals surface area contributed by atoms with Crippen LogP contribution in [-0.4, -0.2) is 36.6 Å². The lowest BCUT2D eigenvalue weighted by Crippen LogP contribution is -2.44. The number of morpholine rings is 1. The summed E-state index contributed by atoms with van der Waals surface area (Å²) in [6.45, 7) is 3.82. The second kappa shape index (κ2) is 5.38. The number of halogens is 2. The van der Waals surface area contributed by atoms with Crippen molar-refractivity contribution in [3.8, 4) is 0 Å². The molecular weight excluding hydrogens is 305 g/mol. The van der Waals surface area contributed by atoms with Crippen LogP contribution in [0.25, 0.3) is 0 Å². The Morgan fingerprint density at radius 3 is 2.94 bits per heavy atom. The number of amides is 1. The number of carbonyl (C=O) groups excluding carboxylic acids is 1. The molecule has 1 atom stereocenters. The molecule has 0 N–H and O–H groups in total. The maximum atomic E-state index is 12.2. The van der Waals surface area contributed by atoms with E-state index >= 15 is 0 Å². The van der Waals surface area contributed by atoms with Crippen LogP contribution >= 0.6 is 27.5 Å². The Balaban J connectivity index is 2.18. The van der Waals surface area contributed by atoms with Crippen molar-refractivity contribution in [1.29, 1.82) is 0 Å². The molecule has 0 bridgehead atoms. The van der Waals surface area contributed by atoms with Gasteiger partial charge in [-0.15, -0.1) is 0 Å². The predicted octanol–water partition coefficient (Wildman–Crippen LogP) is 2.96. The molecule has 2 rings (SSSR count). The average molecular weight is 319 g/mol. The highest BCUT2D eigenvalue weighted by Crippen LogP contribution is 2.21. The molecule has 1 aromatic carbocycles. The molecular formula is C12H13BrClNO2. The normalized spacial score (nSPS) is 20.4. The fraction of sp³-hybridized carbons (Fsp3) is 0.417. The van der Waals surface area contributed by atoms with E-state index in [1.807, 2.05) is 6.92 Å². The number of hydrogen-bond donors (Lipinski definition) is 0. The summed E-state index contributed by atoms with van der Waals surface area (Å²) in [6.07, 6.45) is 0.0929. The van der Waals surface area contributed by atoms with E-state index in [1.54, 1.807) is 23.1 Å². The van der Waals surface area contributed by atoms with Gasteiger partial charge in [0.25, 0.3) is 5.91 Å². The van der Waals surface area contributed by atoms with Gasteiger partial charge in [-0.2, -0.15) is 0 Å². The number of ether oxygens (including phenoxy) is 1. The van der Waals surface area contributed by atoms with Gasteiger partial charge in [0.15, 0.2) is 0 Å². The minimum absolute atomic E-state index is 0.00310. The molecule has 1 saturated heterocycles. The topological polar surface area (TPSA) is 29.5 Å². The molecule has 0 aromatic heterocycles. The van der Waals surface area contributed by atoms with Crippen LogP contribution in [0, 0.1) is 0 Å². The summed E-state index contributed by atoms with van der Waals surface area (Å²) in [6, 6.07) is 5.24. The van der Waals surface area contributed by atoms with Crippen LogP contribution in [0.15, 0.2) is 22.7 Å². The van der Waals surface area contributed by atoms with E-state index in [4.69, 9.17) is 16.3 Å². The smallest absolute Gasteiger partial charge is 0.254 e. The van der Waals surface area contributed by atoms with Gasteiger partial charge >= 0.3 is 0 Å². The highest BCUT2D eigenvalue weighted by Gasteiger charge is 2.22. The quantitative estimate of drug-likeness (QED) is 0.797. The van der Waals surface area contributed by atoms with Crippen molar-refractivity contribution in [3.05, 3.63) is 33.3 Å². The van der Waals surface area contributed by atoms with Crippen molar-refractivity contribution < 1.29 is 9.53 Å². The summed E-state index contributed by atoms with van der Waals surface area (Å²) in [5.74, 6) is 0.00310. The predicted molar refractivity (Wildman–Crippen MR) is 70.5 cm³/mol. The Morgan fingerprint density at radius 1 is 1.53 bits per heavy atom. The van der Waals surface area contributed by atoms with Crippen LogP contribution in [-0.2, 0) is 4.74 Å². The lowest BCUT2D eigenvalue weighted by Gasteiger charge is -2.31. The summed E-state index contributed by atoms with van der Waals surface area (Å²) in [7, 11) is 0. The standard InChI is InChI=1S/C12H13BrClNO2/c1-8-7-15(2-3-17-8)12(16)9-4-10(13)6-11(14)5-9/h4-6,8H,2-3,7H2,1H3/t8-/m1/s1. The molecule has 17 heavy (non-hydrogen) atoms. The van der Waals surface area contributed by atoms with Crippen LogP contribution < -0.4 is 0 Å². The van der Waals surface area contributed by atoms with Crippen molar-refractivity contribution in [2.75, 3.05) is 19.7 Å². The van der Waals surface area contributed by atoms with E-state index in [1.165, 1.54) is 0 Å². The van der Waals surface area contributed by atoms with Crippen molar-refractivity contribution >= 4 is 33.4 Å². The van der Waals surface area contributed by atoms with E-state index < -0.39 is 0 Å². The minimum atomic E-state index is 0.00310. The third kappa shape index (κ3) is 3.21.